The lowest BCUT2D eigenvalue weighted by molar-refractivity contribution is -0.140. The Morgan fingerprint density at radius 1 is 1.24 bits per heavy atom. The molecule has 0 aliphatic carbocycles. The number of ketones is 1. The van der Waals surface area contributed by atoms with Crippen LogP contribution in [0.4, 0.5) is 0 Å². The standard InChI is InChI=1S/C16H13ClO3S/c1-11(16(19)13-3-5-14(17)6-4-13)20-15(18)7-2-12-8-9-21-10-12/h2-11H,1H3/b7-2+/t11-/m0/s1. The lowest BCUT2D eigenvalue weighted by Crippen LogP contribution is -2.23. The maximum atomic E-state index is 12.1. The van der Waals surface area contributed by atoms with Crippen molar-refractivity contribution >= 4 is 40.8 Å². The second kappa shape index (κ2) is 7.20. The highest BCUT2D eigenvalue weighted by Gasteiger charge is 2.18. The lowest BCUT2D eigenvalue weighted by Gasteiger charge is -2.10. The van der Waals surface area contributed by atoms with E-state index in [9.17, 15) is 9.59 Å². The highest BCUT2D eigenvalue weighted by Crippen LogP contribution is 2.13. The molecule has 1 heterocycles. The van der Waals surface area contributed by atoms with Gasteiger partial charge in [-0.3, -0.25) is 4.79 Å². The van der Waals surface area contributed by atoms with Crippen molar-refractivity contribution in [3.8, 4) is 0 Å². The fourth-order valence-corrected chi connectivity index (χ4v) is 2.40. The summed E-state index contributed by atoms with van der Waals surface area (Å²) in [5.74, 6) is -0.806. The Balaban J connectivity index is 1.94. The zero-order valence-electron chi connectivity index (χ0n) is 11.3. The molecule has 0 saturated heterocycles. The van der Waals surface area contributed by atoms with Gasteiger partial charge in [0.05, 0.1) is 0 Å². The number of rotatable bonds is 5. The van der Waals surface area contributed by atoms with Crippen LogP contribution in [0.1, 0.15) is 22.8 Å². The molecule has 108 valence electrons. The van der Waals surface area contributed by atoms with Crippen LogP contribution in [0.25, 0.3) is 6.08 Å². The average molecular weight is 321 g/mol. The first-order chi connectivity index (χ1) is 10.1. The first kappa shape index (κ1) is 15.5. The number of thiophene rings is 1. The van der Waals surface area contributed by atoms with Crippen LogP contribution in [0.3, 0.4) is 0 Å². The van der Waals surface area contributed by atoms with Crippen molar-refractivity contribution in [2.45, 2.75) is 13.0 Å². The van der Waals surface area contributed by atoms with Crippen LogP contribution >= 0.6 is 22.9 Å². The molecule has 3 nitrogen and oxygen atoms in total. The van der Waals surface area contributed by atoms with Gasteiger partial charge in [-0.15, -0.1) is 0 Å². The third kappa shape index (κ3) is 4.55. The second-order valence-corrected chi connectivity index (χ2v) is 5.56. The van der Waals surface area contributed by atoms with Gasteiger partial charge in [0.15, 0.2) is 6.10 Å². The molecule has 21 heavy (non-hydrogen) atoms. The molecule has 0 spiro atoms. The van der Waals surface area contributed by atoms with E-state index in [4.69, 9.17) is 16.3 Å². The Morgan fingerprint density at radius 2 is 1.95 bits per heavy atom. The molecule has 0 fully saturated rings. The zero-order chi connectivity index (χ0) is 15.2. The minimum atomic E-state index is -0.842. The predicted octanol–water partition coefficient (Wildman–Crippen LogP) is 4.23. The first-order valence-electron chi connectivity index (χ1n) is 6.27. The Hall–Kier alpha value is -1.91. The smallest absolute Gasteiger partial charge is 0.331 e. The number of ether oxygens (including phenoxy) is 1. The predicted molar refractivity (Wildman–Crippen MR) is 84.7 cm³/mol. The Kier molecular flexibility index (Phi) is 5.31. The SMILES string of the molecule is C[C@H](OC(=O)/C=C/c1ccsc1)C(=O)c1ccc(Cl)cc1. The molecule has 1 aromatic carbocycles. The highest BCUT2D eigenvalue weighted by molar-refractivity contribution is 7.08. The van der Waals surface area contributed by atoms with Crippen LogP contribution < -0.4 is 0 Å². The second-order valence-electron chi connectivity index (χ2n) is 4.34. The fourth-order valence-electron chi connectivity index (χ4n) is 1.65. The molecule has 0 bridgehead atoms. The van der Waals surface area contributed by atoms with Crippen molar-refractivity contribution in [1.82, 2.24) is 0 Å². The van der Waals surface area contributed by atoms with E-state index in [0.717, 1.165) is 5.56 Å². The molecule has 0 N–H and O–H groups in total. The summed E-state index contributed by atoms with van der Waals surface area (Å²) in [6, 6.07) is 8.35. The van der Waals surface area contributed by atoms with E-state index in [1.165, 1.54) is 6.08 Å². The fraction of sp³-hybridized carbons (Fsp3) is 0.125. The van der Waals surface area contributed by atoms with Crippen molar-refractivity contribution in [2.24, 2.45) is 0 Å². The van der Waals surface area contributed by atoms with Crippen LogP contribution in [0, 0.1) is 0 Å². The number of esters is 1. The molecule has 0 amide bonds. The van der Waals surface area contributed by atoms with Gasteiger partial charge in [0.2, 0.25) is 5.78 Å². The topological polar surface area (TPSA) is 43.4 Å². The van der Waals surface area contributed by atoms with Gasteiger partial charge in [-0.1, -0.05) is 11.6 Å². The van der Waals surface area contributed by atoms with Crippen molar-refractivity contribution in [3.63, 3.8) is 0 Å². The van der Waals surface area contributed by atoms with Crippen LogP contribution in [-0.2, 0) is 9.53 Å². The summed E-state index contributed by atoms with van der Waals surface area (Å²) in [5, 5.41) is 4.37. The maximum absolute atomic E-state index is 12.1. The van der Waals surface area contributed by atoms with Gasteiger partial charge < -0.3 is 4.74 Å². The third-order valence-electron chi connectivity index (χ3n) is 2.75. The number of carbonyl (C=O) groups excluding carboxylic acids is 2. The van der Waals surface area contributed by atoms with Crippen molar-refractivity contribution < 1.29 is 14.3 Å². The number of hydrogen-bond acceptors (Lipinski definition) is 4. The molecule has 1 aromatic heterocycles. The molecule has 0 radical (unpaired) electrons. The van der Waals surface area contributed by atoms with E-state index in [1.54, 1.807) is 48.6 Å². The molecular weight excluding hydrogens is 308 g/mol. The maximum Gasteiger partial charge on any atom is 0.331 e. The van der Waals surface area contributed by atoms with E-state index in [1.807, 2.05) is 16.8 Å². The number of benzene rings is 1. The Morgan fingerprint density at radius 3 is 2.57 bits per heavy atom. The van der Waals surface area contributed by atoms with Crippen molar-refractivity contribution in [3.05, 3.63) is 63.3 Å². The Bertz CT molecular complexity index is 645. The number of carbonyl (C=O) groups is 2. The summed E-state index contributed by atoms with van der Waals surface area (Å²) in [5.41, 5.74) is 1.38. The van der Waals surface area contributed by atoms with E-state index >= 15 is 0 Å². The Labute approximate surface area is 131 Å². The van der Waals surface area contributed by atoms with E-state index in [2.05, 4.69) is 0 Å². The van der Waals surface area contributed by atoms with Gasteiger partial charge >= 0.3 is 5.97 Å². The van der Waals surface area contributed by atoms with Crippen LogP contribution in [0.2, 0.25) is 5.02 Å². The summed E-state index contributed by atoms with van der Waals surface area (Å²) in [6.07, 6.45) is 2.12. The molecule has 0 saturated carbocycles. The van der Waals surface area contributed by atoms with Gasteiger partial charge in [0.25, 0.3) is 0 Å². The minimum absolute atomic E-state index is 0.260. The summed E-state index contributed by atoms with van der Waals surface area (Å²) in [6.45, 7) is 1.55. The summed E-state index contributed by atoms with van der Waals surface area (Å²) in [7, 11) is 0. The molecule has 2 aromatic rings. The average Bonchev–Trinajstić information content (AvgIpc) is 2.98. The van der Waals surface area contributed by atoms with Crippen LogP contribution in [0.15, 0.2) is 47.2 Å². The number of halogens is 1. The minimum Gasteiger partial charge on any atom is -0.451 e. The molecule has 5 heteroatoms. The summed E-state index contributed by atoms with van der Waals surface area (Å²) < 4.78 is 5.09. The third-order valence-corrected chi connectivity index (χ3v) is 3.70. The van der Waals surface area contributed by atoms with E-state index < -0.39 is 12.1 Å². The monoisotopic (exact) mass is 320 g/mol. The van der Waals surface area contributed by atoms with Crippen molar-refractivity contribution in [1.29, 1.82) is 0 Å². The largest absolute Gasteiger partial charge is 0.451 e. The van der Waals surface area contributed by atoms with Crippen LogP contribution in [0.5, 0.6) is 0 Å². The number of Topliss-reactive ketones (excluding diaryl/α,β-unsaturated/α-hetero) is 1. The van der Waals surface area contributed by atoms with E-state index in [0.29, 0.717) is 10.6 Å². The van der Waals surface area contributed by atoms with Gasteiger partial charge in [-0.25, -0.2) is 4.79 Å². The molecule has 2 rings (SSSR count). The molecule has 0 aliphatic heterocycles. The van der Waals surface area contributed by atoms with Gasteiger partial charge in [-0.05, 0) is 59.7 Å². The van der Waals surface area contributed by atoms with E-state index in [-0.39, 0.29) is 5.78 Å². The number of hydrogen-bond donors (Lipinski definition) is 0. The van der Waals surface area contributed by atoms with Gasteiger partial charge in [0, 0.05) is 16.7 Å². The zero-order valence-corrected chi connectivity index (χ0v) is 12.9. The summed E-state index contributed by atoms with van der Waals surface area (Å²) >= 11 is 7.31. The molecule has 0 unspecified atom stereocenters. The molecule has 1 atom stereocenters. The first-order valence-corrected chi connectivity index (χ1v) is 7.59. The lowest BCUT2D eigenvalue weighted by atomic mass is 10.1. The van der Waals surface area contributed by atoms with Gasteiger partial charge in [-0.2, -0.15) is 11.3 Å². The van der Waals surface area contributed by atoms with Gasteiger partial charge in [0.1, 0.15) is 0 Å². The summed E-state index contributed by atoms with van der Waals surface area (Å²) in [4.78, 5) is 23.7. The van der Waals surface area contributed by atoms with Crippen LogP contribution in [-0.4, -0.2) is 17.9 Å². The quantitative estimate of drug-likeness (QED) is 0.470. The normalized spacial score (nSPS) is 12.3. The van der Waals surface area contributed by atoms with Crippen molar-refractivity contribution in [2.75, 3.05) is 0 Å². The highest BCUT2D eigenvalue weighted by atomic mass is 35.5. The molecular formula is C16H13ClO3S. The molecule has 0 aliphatic rings.